The maximum Gasteiger partial charge on any atom is 0.225 e. The van der Waals surface area contributed by atoms with E-state index in [9.17, 15) is 4.79 Å². The Morgan fingerprint density at radius 2 is 1.75 bits per heavy atom. The van der Waals surface area contributed by atoms with Crippen LogP contribution in [0.15, 0.2) is 49.1 Å². The fourth-order valence-electron chi connectivity index (χ4n) is 4.81. The van der Waals surface area contributed by atoms with Gasteiger partial charge in [-0.2, -0.15) is 4.98 Å². The zero-order valence-electron chi connectivity index (χ0n) is 27.0. The second-order valence-electron chi connectivity index (χ2n) is 11.2. The summed E-state index contributed by atoms with van der Waals surface area (Å²) in [6, 6.07) is 9.68. The van der Waals surface area contributed by atoms with Crippen LogP contribution in [0.3, 0.4) is 0 Å². The van der Waals surface area contributed by atoms with E-state index in [1.54, 1.807) is 12.2 Å². The summed E-state index contributed by atoms with van der Waals surface area (Å²) in [6.07, 6.45) is 4.75. The molecule has 0 radical (unpaired) electrons. The van der Waals surface area contributed by atoms with E-state index in [4.69, 9.17) is 4.98 Å². The summed E-state index contributed by atoms with van der Waals surface area (Å²) >= 11 is 0. The number of aromatic nitrogens is 2. The van der Waals surface area contributed by atoms with Gasteiger partial charge in [-0.1, -0.05) is 64.6 Å². The topological polar surface area (TPSA) is 73.4 Å². The van der Waals surface area contributed by atoms with Crippen molar-refractivity contribution in [2.24, 2.45) is 5.92 Å². The lowest BCUT2D eigenvalue weighted by Crippen LogP contribution is -2.29. The van der Waals surface area contributed by atoms with Crippen LogP contribution in [0.2, 0.25) is 0 Å². The van der Waals surface area contributed by atoms with Crippen molar-refractivity contribution in [3.63, 3.8) is 0 Å². The summed E-state index contributed by atoms with van der Waals surface area (Å²) in [5.74, 6) is -1.03. The number of aryl methyl sites for hydroxylation is 1. The van der Waals surface area contributed by atoms with Crippen LogP contribution in [-0.2, 0) is 4.79 Å². The first-order chi connectivity index (χ1) is 21.1. The molecule has 3 aromatic rings. The van der Waals surface area contributed by atoms with Gasteiger partial charge in [0.2, 0.25) is 12.4 Å². The van der Waals surface area contributed by atoms with Crippen molar-refractivity contribution in [1.29, 1.82) is 0 Å². The van der Waals surface area contributed by atoms with Crippen LogP contribution >= 0.6 is 0 Å². The van der Waals surface area contributed by atoms with Crippen LogP contribution in [0.25, 0.3) is 23.0 Å². The second-order valence-corrected chi connectivity index (χ2v) is 11.2. The van der Waals surface area contributed by atoms with E-state index in [-0.39, 0.29) is 17.8 Å². The summed E-state index contributed by atoms with van der Waals surface area (Å²) in [5, 5.41) is 6.77. The van der Waals surface area contributed by atoms with Crippen molar-refractivity contribution in [3.05, 3.63) is 77.4 Å². The summed E-state index contributed by atoms with van der Waals surface area (Å²) in [4.78, 5) is 25.4. The third-order valence-electron chi connectivity index (χ3n) is 7.84. The van der Waals surface area contributed by atoms with Crippen molar-refractivity contribution in [2.75, 3.05) is 36.4 Å². The highest BCUT2D eigenvalue weighted by Crippen LogP contribution is 2.38. The molecule has 0 unspecified atom stereocenters. The van der Waals surface area contributed by atoms with Crippen molar-refractivity contribution in [1.82, 2.24) is 20.2 Å². The van der Waals surface area contributed by atoms with Gasteiger partial charge < -0.3 is 15.5 Å². The quantitative estimate of drug-likeness (QED) is 0.128. The number of rotatable bonds is 16. The van der Waals surface area contributed by atoms with Gasteiger partial charge in [0.1, 0.15) is 17.3 Å². The van der Waals surface area contributed by atoms with E-state index in [1.807, 2.05) is 32.0 Å². The van der Waals surface area contributed by atoms with Crippen LogP contribution in [0, 0.1) is 24.5 Å². The third-order valence-corrected chi connectivity index (χ3v) is 7.84. The molecule has 2 aromatic carbocycles. The Balaban J connectivity index is 2.22. The average molecular weight is 605 g/mol. The Labute approximate surface area is 261 Å². The summed E-state index contributed by atoms with van der Waals surface area (Å²) < 4.78 is 30.1. The minimum Gasteiger partial charge on any atom is -0.382 e. The lowest BCUT2D eigenvalue weighted by Gasteiger charge is -2.24. The van der Waals surface area contributed by atoms with Crippen LogP contribution < -0.4 is 15.5 Å². The highest BCUT2D eigenvalue weighted by Gasteiger charge is 2.25. The molecule has 1 heterocycles. The maximum absolute atomic E-state index is 15.0. The molecule has 1 amide bonds. The molecule has 3 rings (SSSR count). The molecule has 236 valence electrons. The van der Waals surface area contributed by atoms with E-state index >= 15 is 8.78 Å². The SMILES string of the molecule is C=C(N[C@@H](C)C(C)C)c1ccc(C)c(-c2nc(NCCCN(CC)CC)nc(N(C=O)c3c(F)cccc3F)c2/C=C\C)c1. The van der Waals surface area contributed by atoms with Gasteiger partial charge in [-0.3, -0.25) is 9.69 Å². The first kappa shape index (κ1) is 34.4. The fraction of sp³-hybridized carbons (Fsp3) is 0.400. The molecule has 44 heavy (non-hydrogen) atoms. The van der Waals surface area contributed by atoms with Crippen LogP contribution in [0.1, 0.15) is 64.7 Å². The number of nitrogens with zero attached hydrogens (tertiary/aromatic N) is 4. The predicted molar refractivity (Wildman–Crippen MR) is 179 cm³/mol. The second kappa shape index (κ2) is 16.1. The number of allylic oxidation sites excluding steroid dienone is 1. The van der Waals surface area contributed by atoms with Gasteiger partial charge in [-0.05, 0) is 82.1 Å². The van der Waals surface area contributed by atoms with Gasteiger partial charge in [-0.25, -0.2) is 13.8 Å². The van der Waals surface area contributed by atoms with E-state index in [0.29, 0.717) is 30.1 Å². The molecule has 0 bridgehead atoms. The molecular formula is C35H46F2N6O. The van der Waals surface area contributed by atoms with Gasteiger partial charge in [0, 0.05) is 29.4 Å². The largest absolute Gasteiger partial charge is 0.382 e. The fourth-order valence-corrected chi connectivity index (χ4v) is 4.81. The Morgan fingerprint density at radius 1 is 1.07 bits per heavy atom. The smallest absolute Gasteiger partial charge is 0.225 e. The summed E-state index contributed by atoms with van der Waals surface area (Å²) in [5.41, 5.74) is 3.83. The monoisotopic (exact) mass is 604 g/mol. The summed E-state index contributed by atoms with van der Waals surface area (Å²) in [7, 11) is 0. The molecule has 0 aliphatic rings. The summed E-state index contributed by atoms with van der Waals surface area (Å²) in [6.45, 7) is 22.1. The number of carbonyl (C=O) groups is 1. The molecule has 1 atom stereocenters. The number of amides is 1. The maximum atomic E-state index is 15.0. The van der Waals surface area contributed by atoms with E-state index < -0.39 is 17.3 Å². The Morgan fingerprint density at radius 3 is 2.34 bits per heavy atom. The zero-order chi connectivity index (χ0) is 32.4. The molecule has 0 spiro atoms. The van der Waals surface area contributed by atoms with Crippen molar-refractivity contribution < 1.29 is 13.6 Å². The molecule has 0 fully saturated rings. The number of para-hydroxylation sites is 1. The van der Waals surface area contributed by atoms with Crippen LogP contribution in [0.4, 0.5) is 26.2 Å². The number of carbonyl (C=O) groups excluding carboxylic acids is 1. The van der Waals surface area contributed by atoms with Crippen molar-refractivity contribution in [2.45, 2.75) is 60.9 Å². The van der Waals surface area contributed by atoms with E-state index in [1.165, 1.54) is 6.07 Å². The van der Waals surface area contributed by atoms with E-state index in [0.717, 1.165) is 65.5 Å². The molecule has 2 N–H and O–H groups in total. The first-order valence-corrected chi connectivity index (χ1v) is 15.3. The van der Waals surface area contributed by atoms with Gasteiger partial charge in [-0.15, -0.1) is 0 Å². The highest BCUT2D eigenvalue weighted by molar-refractivity contribution is 5.93. The number of benzene rings is 2. The Kier molecular flexibility index (Phi) is 12.6. The molecule has 0 saturated heterocycles. The van der Waals surface area contributed by atoms with Crippen LogP contribution in [-0.4, -0.2) is 53.5 Å². The van der Waals surface area contributed by atoms with Gasteiger partial charge >= 0.3 is 0 Å². The number of halogens is 2. The minimum absolute atomic E-state index is 0.0635. The first-order valence-electron chi connectivity index (χ1n) is 15.3. The zero-order valence-corrected chi connectivity index (χ0v) is 27.0. The van der Waals surface area contributed by atoms with Crippen molar-refractivity contribution >= 4 is 35.6 Å². The molecular weight excluding hydrogens is 558 g/mol. The van der Waals surface area contributed by atoms with Crippen LogP contribution in [0.5, 0.6) is 0 Å². The molecule has 0 saturated carbocycles. The third kappa shape index (κ3) is 8.29. The number of hydrogen-bond acceptors (Lipinski definition) is 6. The van der Waals surface area contributed by atoms with Gasteiger partial charge in [0.15, 0.2) is 5.82 Å². The predicted octanol–water partition coefficient (Wildman–Crippen LogP) is 7.81. The van der Waals surface area contributed by atoms with Gasteiger partial charge in [0.25, 0.3) is 0 Å². The Hall–Kier alpha value is -4.11. The molecule has 7 nitrogen and oxygen atoms in total. The van der Waals surface area contributed by atoms with E-state index in [2.05, 4.69) is 61.7 Å². The molecule has 0 aliphatic carbocycles. The minimum atomic E-state index is -0.878. The Bertz CT molecular complexity index is 1450. The normalized spacial score (nSPS) is 12.2. The van der Waals surface area contributed by atoms with Crippen molar-refractivity contribution in [3.8, 4) is 11.3 Å². The van der Waals surface area contributed by atoms with Gasteiger partial charge in [0.05, 0.1) is 5.69 Å². The highest BCUT2D eigenvalue weighted by atomic mass is 19.1. The lowest BCUT2D eigenvalue weighted by atomic mass is 9.96. The molecule has 9 heteroatoms. The number of anilines is 3. The molecule has 1 aromatic heterocycles. The lowest BCUT2D eigenvalue weighted by molar-refractivity contribution is -0.106. The molecule has 0 aliphatic heterocycles. The average Bonchev–Trinajstić information content (AvgIpc) is 3.00. The number of nitrogens with one attached hydrogen (secondary N) is 2. The number of hydrogen-bond donors (Lipinski definition) is 2. The standard InChI is InChI=1S/C35H46F2N6O/c1-9-14-28-32(29-21-27(18-17-24(29)6)26(8)39-25(7)23(4)5)40-35(38-19-13-20-42(10-2)11-3)41-34(28)43(22-44)33-30(36)15-12-16-31(33)37/h9,12,14-18,21-23,25,39H,8,10-11,13,19-20H2,1-7H3,(H,38,40,41)/b14-9-/t25-/m0/s1.